The maximum atomic E-state index is 14.9. The molecule has 0 amide bonds. The Morgan fingerprint density at radius 1 is 1.00 bits per heavy atom. The van der Waals surface area contributed by atoms with Gasteiger partial charge in [-0.3, -0.25) is 14.7 Å². The van der Waals surface area contributed by atoms with Crippen LogP contribution in [0.3, 0.4) is 0 Å². The van der Waals surface area contributed by atoms with Crippen LogP contribution in [0.1, 0.15) is 11.1 Å². The number of benzene rings is 2. The monoisotopic (exact) mass is 579 g/mol. The normalized spacial score (nSPS) is 13.9. The molecule has 7 nitrogen and oxygen atoms in total. The fourth-order valence-corrected chi connectivity index (χ4v) is 4.82. The molecular formula is C29H27BrFN3O4. The third kappa shape index (κ3) is 6.53. The van der Waals surface area contributed by atoms with Crippen LogP contribution in [-0.4, -0.2) is 60.1 Å². The lowest BCUT2D eigenvalue weighted by Crippen LogP contribution is -2.38. The molecule has 0 N–H and O–H groups in total. The molecule has 2 aromatic heterocycles. The van der Waals surface area contributed by atoms with Crippen molar-refractivity contribution in [2.45, 2.75) is 12.8 Å². The number of rotatable bonds is 10. The summed E-state index contributed by atoms with van der Waals surface area (Å²) in [4.78, 5) is 23.6. The predicted octanol–water partition coefficient (Wildman–Crippen LogP) is 5.39. The minimum atomic E-state index is -0.546. The molecule has 1 saturated heterocycles. The fraction of sp³-hybridized carbons (Fsp3) is 0.276. The molecule has 196 valence electrons. The van der Waals surface area contributed by atoms with Gasteiger partial charge in [0.05, 0.1) is 24.1 Å². The number of hydrogen-bond acceptors (Lipinski definition) is 7. The van der Waals surface area contributed by atoms with Gasteiger partial charge in [0, 0.05) is 44.9 Å². The van der Waals surface area contributed by atoms with E-state index in [1.807, 2.05) is 30.3 Å². The smallest absolute Gasteiger partial charge is 0.230 e. The first-order chi connectivity index (χ1) is 18.6. The van der Waals surface area contributed by atoms with Crippen molar-refractivity contribution in [2.75, 3.05) is 39.5 Å². The van der Waals surface area contributed by atoms with Gasteiger partial charge in [-0.05, 0) is 45.3 Å². The Morgan fingerprint density at radius 2 is 1.79 bits per heavy atom. The van der Waals surface area contributed by atoms with Crippen LogP contribution in [-0.2, 0) is 22.4 Å². The number of halogens is 2. The first kappa shape index (κ1) is 26.2. The van der Waals surface area contributed by atoms with E-state index in [2.05, 4.69) is 30.8 Å². The summed E-state index contributed by atoms with van der Waals surface area (Å²) in [5.41, 5.74) is 2.13. The zero-order valence-corrected chi connectivity index (χ0v) is 22.3. The number of carbonyl (C=O) groups is 1. The van der Waals surface area contributed by atoms with E-state index in [0.717, 1.165) is 38.4 Å². The van der Waals surface area contributed by atoms with E-state index in [1.165, 1.54) is 12.1 Å². The highest BCUT2D eigenvalue weighted by atomic mass is 79.9. The molecule has 0 radical (unpaired) electrons. The number of ether oxygens (including phenoxy) is 3. The van der Waals surface area contributed by atoms with E-state index in [9.17, 15) is 9.18 Å². The fourth-order valence-electron chi connectivity index (χ4n) is 4.29. The molecule has 38 heavy (non-hydrogen) atoms. The van der Waals surface area contributed by atoms with Crippen molar-refractivity contribution in [1.82, 2.24) is 14.9 Å². The molecule has 0 aliphatic carbocycles. The summed E-state index contributed by atoms with van der Waals surface area (Å²) < 4.78 is 32.7. The molecule has 9 heteroatoms. The molecular weight excluding hydrogens is 553 g/mol. The number of Topliss-reactive ketones (excluding diaryl/α,β-unsaturated/α-hetero) is 1. The van der Waals surface area contributed by atoms with Crippen molar-refractivity contribution in [2.24, 2.45) is 0 Å². The SMILES string of the molecule is O=C(Cc1ccccc1)Cc1ccc(Oc2ccnc3c(Br)c(OCCN4CCOCC4)ncc23)c(F)c1. The second-order valence-electron chi connectivity index (χ2n) is 9.00. The highest BCUT2D eigenvalue weighted by Crippen LogP contribution is 2.36. The van der Waals surface area contributed by atoms with Gasteiger partial charge in [-0.25, -0.2) is 9.37 Å². The average Bonchev–Trinajstić information content (AvgIpc) is 2.93. The molecule has 0 atom stereocenters. The van der Waals surface area contributed by atoms with E-state index in [4.69, 9.17) is 14.2 Å². The second kappa shape index (κ2) is 12.4. The van der Waals surface area contributed by atoms with E-state index >= 15 is 0 Å². The zero-order chi connectivity index (χ0) is 26.3. The summed E-state index contributed by atoms with van der Waals surface area (Å²) in [6.45, 7) is 4.51. The summed E-state index contributed by atoms with van der Waals surface area (Å²) in [6.07, 6.45) is 3.66. The van der Waals surface area contributed by atoms with Gasteiger partial charge in [0.25, 0.3) is 0 Å². The summed E-state index contributed by atoms with van der Waals surface area (Å²) in [5, 5.41) is 0.612. The lowest BCUT2D eigenvalue weighted by atomic mass is 10.0. The van der Waals surface area contributed by atoms with Crippen molar-refractivity contribution < 1.29 is 23.4 Å². The molecule has 1 aliphatic rings. The second-order valence-corrected chi connectivity index (χ2v) is 9.79. The molecule has 1 aliphatic heterocycles. The summed E-state index contributed by atoms with van der Waals surface area (Å²) in [6, 6.07) is 15.8. The Labute approximate surface area is 228 Å². The van der Waals surface area contributed by atoms with Gasteiger partial charge < -0.3 is 14.2 Å². The number of aromatic nitrogens is 2. The van der Waals surface area contributed by atoms with E-state index in [1.54, 1.807) is 24.5 Å². The van der Waals surface area contributed by atoms with Crippen molar-refractivity contribution in [3.8, 4) is 17.4 Å². The molecule has 0 spiro atoms. The molecule has 1 fully saturated rings. The number of pyridine rings is 2. The Morgan fingerprint density at radius 3 is 2.58 bits per heavy atom. The first-order valence-electron chi connectivity index (χ1n) is 12.4. The minimum absolute atomic E-state index is 0.0169. The average molecular weight is 580 g/mol. The Hall–Kier alpha value is -3.40. The van der Waals surface area contributed by atoms with E-state index in [0.29, 0.717) is 45.6 Å². The summed E-state index contributed by atoms with van der Waals surface area (Å²) in [5.74, 6) is 0.373. The number of hydrogen-bond donors (Lipinski definition) is 0. The van der Waals surface area contributed by atoms with Gasteiger partial charge in [-0.15, -0.1) is 0 Å². The summed E-state index contributed by atoms with van der Waals surface area (Å²) >= 11 is 3.55. The number of morpholine rings is 1. The third-order valence-electron chi connectivity index (χ3n) is 6.27. The lowest BCUT2D eigenvalue weighted by Gasteiger charge is -2.26. The maximum absolute atomic E-state index is 14.9. The minimum Gasteiger partial charge on any atom is -0.475 e. The third-order valence-corrected chi connectivity index (χ3v) is 6.98. The number of nitrogens with zero attached hydrogens (tertiary/aromatic N) is 3. The maximum Gasteiger partial charge on any atom is 0.230 e. The highest BCUT2D eigenvalue weighted by Gasteiger charge is 2.16. The van der Waals surface area contributed by atoms with Gasteiger partial charge in [0.2, 0.25) is 5.88 Å². The number of fused-ring (bicyclic) bond motifs is 1. The van der Waals surface area contributed by atoms with Crippen molar-refractivity contribution >= 4 is 32.6 Å². The van der Waals surface area contributed by atoms with Crippen LogP contribution in [0.25, 0.3) is 10.9 Å². The van der Waals surface area contributed by atoms with Crippen LogP contribution >= 0.6 is 15.9 Å². The van der Waals surface area contributed by atoms with Gasteiger partial charge in [0.1, 0.15) is 22.6 Å². The summed E-state index contributed by atoms with van der Waals surface area (Å²) in [7, 11) is 0. The molecule has 0 bridgehead atoms. The first-order valence-corrected chi connectivity index (χ1v) is 13.2. The number of carbonyl (C=O) groups excluding carboxylic acids is 1. The van der Waals surface area contributed by atoms with Crippen molar-refractivity contribution in [3.05, 3.63) is 88.4 Å². The molecule has 5 rings (SSSR count). The molecule has 0 unspecified atom stereocenters. The largest absolute Gasteiger partial charge is 0.475 e. The van der Waals surface area contributed by atoms with Crippen molar-refractivity contribution in [1.29, 1.82) is 0 Å². The number of ketones is 1. The Balaban J connectivity index is 1.25. The van der Waals surface area contributed by atoms with Gasteiger partial charge >= 0.3 is 0 Å². The standard InChI is InChI=1S/C29H27BrFN3O4/c30-27-28-23(19-33-29(27)37-15-12-34-10-13-36-14-11-34)25(8-9-32-28)38-26-7-6-21(18-24(26)31)17-22(35)16-20-4-2-1-3-5-20/h1-9,18-19H,10-17H2. The van der Waals surface area contributed by atoms with Crippen LogP contribution < -0.4 is 9.47 Å². The Bertz CT molecular complexity index is 1410. The molecule has 0 saturated carbocycles. The zero-order valence-electron chi connectivity index (χ0n) is 20.7. The van der Waals surface area contributed by atoms with Crippen LogP contribution in [0, 0.1) is 5.82 Å². The van der Waals surface area contributed by atoms with Crippen molar-refractivity contribution in [3.63, 3.8) is 0 Å². The molecule has 4 aromatic rings. The topological polar surface area (TPSA) is 73.8 Å². The quantitative estimate of drug-likeness (QED) is 0.249. The van der Waals surface area contributed by atoms with Crippen LogP contribution in [0.4, 0.5) is 4.39 Å². The lowest BCUT2D eigenvalue weighted by molar-refractivity contribution is -0.117. The van der Waals surface area contributed by atoms with E-state index < -0.39 is 5.82 Å². The Kier molecular flexibility index (Phi) is 8.58. The highest BCUT2D eigenvalue weighted by molar-refractivity contribution is 9.10. The van der Waals surface area contributed by atoms with Gasteiger partial charge in [0.15, 0.2) is 11.6 Å². The van der Waals surface area contributed by atoms with Crippen LogP contribution in [0.15, 0.2) is 71.5 Å². The molecule has 3 heterocycles. The van der Waals surface area contributed by atoms with Crippen LogP contribution in [0.2, 0.25) is 0 Å². The van der Waals surface area contributed by atoms with Gasteiger partial charge in [-0.2, -0.15) is 0 Å². The van der Waals surface area contributed by atoms with Gasteiger partial charge in [-0.1, -0.05) is 36.4 Å². The van der Waals surface area contributed by atoms with E-state index in [-0.39, 0.29) is 18.0 Å². The predicted molar refractivity (Wildman–Crippen MR) is 145 cm³/mol. The molecule has 2 aromatic carbocycles. The van der Waals surface area contributed by atoms with Crippen LogP contribution in [0.5, 0.6) is 17.4 Å².